The Morgan fingerprint density at radius 2 is 1.55 bits per heavy atom. The summed E-state index contributed by atoms with van der Waals surface area (Å²) in [6.07, 6.45) is 7.03. The predicted octanol–water partition coefficient (Wildman–Crippen LogP) is 8.36. The van der Waals surface area contributed by atoms with Crippen LogP contribution in [0.2, 0.25) is 0 Å². The minimum atomic E-state index is -0.409. The van der Waals surface area contributed by atoms with Gasteiger partial charge in [-0.15, -0.1) is 0 Å². The lowest BCUT2D eigenvalue weighted by atomic mass is 9.97. The molecule has 1 aromatic heterocycles. The monoisotopic (exact) mass is 525 g/mol. The van der Waals surface area contributed by atoms with Gasteiger partial charge in [-0.25, -0.2) is 4.79 Å². The fourth-order valence-electron chi connectivity index (χ4n) is 5.05. The zero-order chi connectivity index (χ0) is 26.5. The van der Waals surface area contributed by atoms with Crippen molar-refractivity contribution in [3.8, 4) is 0 Å². The summed E-state index contributed by atoms with van der Waals surface area (Å²) in [5.41, 5.74) is 3.97. The van der Waals surface area contributed by atoms with E-state index in [-0.39, 0.29) is 5.78 Å². The summed E-state index contributed by atoms with van der Waals surface area (Å²) in [6, 6.07) is 23.5. The summed E-state index contributed by atoms with van der Waals surface area (Å²) in [7, 11) is 0. The van der Waals surface area contributed by atoms with Crippen molar-refractivity contribution in [1.29, 1.82) is 0 Å². The van der Waals surface area contributed by atoms with Gasteiger partial charge in [0.2, 0.25) is 5.78 Å². The first-order valence-electron chi connectivity index (χ1n) is 13.1. The molecule has 1 saturated carbocycles. The number of furan rings is 1. The average molecular weight is 526 g/mol. The van der Waals surface area contributed by atoms with Crippen molar-refractivity contribution in [2.24, 2.45) is 11.1 Å². The Hall–Kier alpha value is -3.64. The molecule has 0 radical (unpaired) electrons. The number of para-hydroxylation sites is 1. The Labute approximate surface area is 227 Å². The van der Waals surface area contributed by atoms with Gasteiger partial charge in [-0.3, -0.25) is 4.79 Å². The van der Waals surface area contributed by atoms with Crippen molar-refractivity contribution >= 4 is 40.2 Å². The number of oxime groups is 1. The lowest BCUT2D eigenvalue weighted by Gasteiger charge is -2.11. The molecule has 0 N–H and O–H groups in total. The highest BCUT2D eigenvalue weighted by atomic mass is 32.2. The molecule has 6 heteroatoms. The first-order valence-corrected chi connectivity index (χ1v) is 13.9. The van der Waals surface area contributed by atoms with Crippen LogP contribution >= 0.6 is 11.8 Å². The highest BCUT2D eigenvalue weighted by molar-refractivity contribution is 7.99. The normalized spacial score (nSPS) is 14.2. The summed E-state index contributed by atoms with van der Waals surface area (Å²) in [5.74, 6) is 0.601. The fraction of sp³-hybridized carbons (Fsp3) is 0.281. The molecule has 0 unspecified atom stereocenters. The van der Waals surface area contributed by atoms with Crippen molar-refractivity contribution in [3.05, 3.63) is 95.2 Å². The van der Waals surface area contributed by atoms with E-state index < -0.39 is 5.97 Å². The Bertz CT molecular complexity index is 1460. The largest absolute Gasteiger partial charge is 0.452 e. The van der Waals surface area contributed by atoms with E-state index in [2.05, 4.69) is 17.3 Å². The van der Waals surface area contributed by atoms with Gasteiger partial charge >= 0.3 is 5.97 Å². The van der Waals surface area contributed by atoms with Gasteiger partial charge in [0.05, 0.1) is 5.71 Å². The van der Waals surface area contributed by atoms with E-state index in [1.807, 2.05) is 67.6 Å². The van der Waals surface area contributed by atoms with Gasteiger partial charge < -0.3 is 9.25 Å². The van der Waals surface area contributed by atoms with E-state index in [1.54, 1.807) is 11.8 Å². The molecule has 0 atom stereocenters. The van der Waals surface area contributed by atoms with E-state index >= 15 is 0 Å². The van der Waals surface area contributed by atoms with Crippen molar-refractivity contribution in [1.82, 2.24) is 0 Å². The molecule has 4 aromatic rings. The number of carbonyl (C=O) groups excluding carboxylic acids is 2. The summed E-state index contributed by atoms with van der Waals surface area (Å²) >= 11 is 1.62. The number of benzene rings is 3. The molecule has 1 aliphatic carbocycles. The molecule has 0 saturated heterocycles. The standard InChI is InChI=1S/C32H31NO4S/c1-21-28-9-5-6-10-30(28)36-32(21)31(35)25-14-18-27(19-15-25)38-26-16-12-24(13-17-26)29(33-37-22(2)34)20-11-23-7-3-4-8-23/h5-6,9-10,12-19,23H,3-4,7-8,11,20H2,1-2H3. The van der Waals surface area contributed by atoms with Crippen molar-refractivity contribution in [3.63, 3.8) is 0 Å². The van der Waals surface area contributed by atoms with Gasteiger partial charge in [-0.2, -0.15) is 0 Å². The Balaban J connectivity index is 1.25. The van der Waals surface area contributed by atoms with Crippen molar-refractivity contribution in [2.75, 3.05) is 0 Å². The van der Waals surface area contributed by atoms with E-state index in [0.29, 0.717) is 11.3 Å². The second-order valence-corrected chi connectivity index (χ2v) is 11.0. The molecular weight excluding hydrogens is 494 g/mol. The third kappa shape index (κ3) is 6.08. The molecule has 0 amide bonds. The lowest BCUT2D eigenvalue weighted by Crippen LogP contribution is -2.07. The van der Waals surface area contributed by atoms with Crippen LogP contribution in [0, 0.1) is 12.8 Å². The molecule has 38 heavy (non-hydrogen) atoms. The third-order valence-corrected chi connectivity index (χ3v) is 8.15. The maximum atomic E-state index is 13.1. The van der Waals surface area contributed by atoms with E-state index in [1.165, 1.54) is 32.6 Å². The first-order chi connectivity index (χ1) is 18.5. The van der Waals surface area contributed by atoms with Crippen molar-refractivity contribution in [2.45, 2.75) is 62.2 Å². The van der Waals surface area contributed by atoms with Gasteiger partial charge in [-0.05, 0) is 73.7 Å². The molecule has 3 aromatic carbocycles. The summed E-state index contributed by atoms with van der Waals surface area (Å²) in [5, 5.41) is 5.12. The molecule has 1 fully saturated rings. The smallest absolute Gasteiger partial charge is 0.331 e. The molecule has 0 bridgehead atoms. The minimum Gasteiger partial charge on any atom is -0.452 e. The average Bonchev–Trinajstić information content (AvgIpc) is 3.57. The second-order valence-electron chi connectivity index (χ2n) is 9.84. The van der Waals surface area contributed by atoms with E-state index in [0.717, 1.165) is 56.4 Å². The molecule has 0 spiro atoms. The predicted molar refractivity (Wildman–Crippen MR) is 151 cm³/mol. The van der Waals surface area contributed by atoms with Crippen molar-refractivity contribution < 1.29 is 18.8 Å². The van der Waals surface area contributed by atoms with Gasteiger partial charge in [0.25, 0.3) is 0 Å². The second kappa shape index (κ2) is 11.8. The van der Waals surface area contributed by atoms with Crippen LogP contribution in [0.15, 0.2) is 92.2 Å². The molecule has 1 aliphatic rings. The van der Waals surface area contributed by atoms with Gasteiger partial charge in [0.15, 0.2) is 5.76 Å². The van der Waals surface area contributed by atoms with Gasteiger partial charge in [-0.1, -0.05) is 72.9 Å². The van der Waals surface area contributed by atoms with Gasteiger partial charge in [0, 0.05) is 33.2 Å². The number of nitrogens with zero attached hydrogens (tertiary/aromatic N) is 1. The number of hydrogen-bond acceptors (Lipinski definition) is 6. The number of hydrogen-bond donors (Lipinski definition) is 0. The maximum Gasteiger partial charge on any atom is 0.331 e. The van der Waals surface area contributed by atoms with Crippen LogP contribution in [0.4, 0.5) is 0 Å². The van der Waals surface area contributed by atoms with Crippen LogP contribution in [-0.4, -0.2) is 17.5 Å². The van der Waals surface area contributed by atoms with E-state index in [4.69, 9.17) is 9.25 Å². The summed E-state index contributed by atoms with van der Waals surface area (Å²) in [4.78, 5) is 31.5. The highest BCUT2D eigenvalue weighted by Gasteiger charge is 2.19. The third-order valence-electron chi connectivity index (χ3n) is 7.14. The quantitative estimate of drug-likeness (QED) is 0.0950. The molecule has 1 heterocycles. The Morgan fingerprint density at radius 3 is 2.18 bits per heavy atom. The zero-order valence-corrected chi connectivity index (χ0v) is 22.6. The number of ketones is 1. The van der Waals surface area contributed by atoms with Crippen LogP contribution in [0.3, 0.4) is 0 Å². The minimum absolute atomic E-state index is 0.114. The molecule has 194 valence electrons. The maximum absolute atomic E-state index is 13.1. The van der Waals surface area contributed by atoms with Crippen LogP contribution in [0.1, 0.15) is 72.7 Å². The SMILES string of the molecule is CC(=O)ON=C(CCC1CCCC1)c1ccc(Sc2ccc(C(=O)c3oc4ccccc4c3C)cc2)cc1. The Morgan fingerprint density at radius 1 is 0.921 bits per heavy atom. The topological polar surface area (TPSA) is 68.9 Å². The summed E-state index contributed by atoms with van der Waals surface area (Å²) < 4.78 is 5.86. The van der Waals surface area contributed by atoms with Crippen LogP contribution in [0.25, 0.3) is 11.0 Å². The van der Waals surface area contributed by atoms with Gasteiger partial charge in [0.1, 0.15) is 5.58 Å². The highest BCUT2D eigenvalue weighted by Crippen LogP contribution is 2.32. The fourth-order valence-corrected chi connectivity index (χ4v) is 5.87. The van der Waals surface area contributed by atoms with Crippen LogP contribution in [-0.2, 0) is 9.63 Å². The number of aryl methyl sites for hydroxylation is 1. The molecule has 5 rings (SSSR count). The zero-order valence-electron chi connectivity index (χ0n) is 21.7. The Kier molecular flexibility index (Phi) is 8.08. The lowest BCUT2D eigenvalue weighted by molar-refractivity contribution is -0.140. The molecule has 5 nitrogen and oxygen atoms in total. The van der Waals surface area contributed by atoms with Crippen LogP contribution in [0.5, 0.6) is 0 Å². The summed E-state index contributed by atoms with van der Waals surface area (Å²) in [6.45, 7) is 3.29. The first kappa shape index (κ1) is 26.0. The number of rotatable bonds is 9. The number of carbonyl (C=O) groups is 2. The van der Waals surface area contributed by atoms with E-state index in [9.17, 15) is 9.59 Å². The molecular formula is C32H31NO4S. The van der Waals surface area contributed by atoms with Crippen LogP contribution < -0.4 is 0 Å². The molecule has 0 aliphatic heterocycles. The number of fused-ring (bicyclic) bond motifs is 1.